The number of carbonyl (C=O) groups excluding carboxylic acids is 1. The first-order valence-electron chi connectivity index (χ1n) is 11.1. The molecule has 158 valence electrons. The Morgan fingerprint density at radius 1 is 1.10 bits per heavy atom. The molecular weight excluding hydrogens is 378 g/mol. The van der Waals surface area contributed by atoms with Gasteiger partial charge in [-0.3, -0.25) is 14.7 Å². The summed E-state index contributed by atoms with van der Waals surface area (Å²) in [6, 6.07) is 7.85. The number of carbonyl (C=O) groups is 1. The number of amides is 1. The average Bonchev–Trinajstić information content (AvgIpc) is 3.53. The van der Waals surface area contributed by atoms with Crippen molar-refractivity contribution in [2.24, 2.45) is 17.8 Å². The minimum atomic E-state index is -0.0864. The van der Waals surface area contributed by atoms with Gasteiger partial charge >= 0.3 is 0 Å². The van der Waals surface area contributed by atoms with Crippen molar-refractivity contribution >= 4 is 5.91 Å². The van der Waals surface area contributed by atoms with Gasteiger partial charge < -0.3 is 10.1 Å². The summed E-state index contributed by atoms with van der Waals surface area (Å²) in [6.45, 7) is 3.85. The number of ether oxygens (including phenoxy) is 1. The SMILES string of the molecule is O=C(N[C@H]1C[C@H]2CN(Cc3ccccn3)C[C@H]2C[C@@H]1OCC1CC1)c1ccnnc1. The van der Waals surface area contributed by atoms with Gasteiger partial charge in [-0.1, -0.05) is 6.07 Å². The summed E-state index contributed by atoms with van der Waals surface area (Å²) in [5, 5.41) is 10.8. The highest BCUT2D eigenvalue weighted by Gasteiger charge is 2.43. The first kappa shape index (κ1) is 19.6. The zero-order valence-electron chi connectivity index (χ0n) is 17.2. The molecule has 5 rings (SSSR count). The van der Waals surface area contributed by atoms with Gasteiger partial charge in [-0.2, -0.15) is 10.2 Å². The van der Waals surface area contributed by atoms with E-state index in [0.717, 1.165) is 44.8 Å². The highest BCUT2D eigenvalue weighted by molar-refractivity contribution is 5.93. The Hall–Kier alpha value is -2.38. The molecule has 2 aromatic heterocycles. The molecule has 1 saturated heterocycles. The van der Waals surface area contributed by atoms with Crippen LogP contribution in [-0.4, -0.2) is 57.8 Å². The molecule has 3 heterocycles. The van der Waals surface area contributed by atoms with Crippen LogP contribution < -0.4 is 5.32 Å². The second-order valence-electron chi connectivity index (χ2n) is 9.03. The highest BCUT2D eigenvalue weighted by atomic mass is 16.5. The zero-order valence-corrected chi connectivity index (χ0v) is 17.2. The van der Waals surface area contributed by atoms with Crippen LogP contribution in [0.4, 0.5) is 0 Å². The van der Waals surface area contributed by atoms with E-state index in [0.29, 0.717) is 23.3 Å². The van der Waals surface area contributed by atoms with Crippen molar-refractivity contribution in [3.8, 4) is 0 Å². The van der Waals surface area contributed by atoms with Crippen LogP contribution >= 0.6 is 0 Å². The van der Waals surface area contributed by atoms with E-state index < -0.39 is 0 Å². The van der Waals surface area contributed by atoms with Crippen molar-refractivity contribution in [3.05, 3.63) is 54.1 Å². The predicted octanol–water partition coefficient (Wildman–Crippen LogP) is 2.31. The molecule has 0 unspecified atom stereocenters. The second-order valence-corrected chi connectivity index (χ2v) is 9.03. The van der Waals surface area contributed by atoms with Crippen LogP contribution in [0, 0.1) is 17.8 Å². The van der Waals surface area contributed by atoms with Crippen LogP contribution in [0.2, 0.25) is 0 Å². The van der Waals surface area contributed by atoms with Crippen LogP contribution in [0.15, 0.2) is 42.9 Å². The number of likely N-dealkylation sites (tertiary alicyclic amines) is 1. The van der Waals surface area contributed by atoms with E-state index in [4.69, 9.17) is 4.74 Å². The van der Waals surface area contributed by atoms with E-state index in [9.17, 15) is 4.79 Å². The van der Waals surface area contributed by atoms with Crippen molar-refractivity contribution in [1.29, 1.82) is 0 Å². The van der Waals surface area contributed by atoms with Crippen LogP contribution in [-0.2, 0) is 11.3 Å². The Balaban J connectivity index is 1.25. The molecule has 7 heteroatoms. The minimum absolute atomic E-state index is 0.0421. The van der Waals surface area contributed by atoms with Crippen LogP contribution in [0.3, 0.4) is 0 Å². The summed E-state index contributed by atoms with van der Waals surface area (Å²) in [7, 11) is 0. The molecule has 1 aliphatic heterocycles. The summed E-state index contributed by atoms with van der Waals surface area (Å²) in [6.07, 6.45) is 9.54. The molecule has 2 aromatic rings. The number of fused-ring (bicyclic) bond motifs is 1. The lowest BCUT2D eigenvalue weighted by Crippen LogP contribution is -2.50. The first-order chi connectivity index (χ1) is 14.7. The Morgan fingerprint density at radius 3 is 2.70 bits per heavy atom. The normalized spacial score (nSPS) is 28.8. The highest BCUT2D eigenvalue weighted by Crippen LogP contribution is 2.39. The fourth-order valence-electron chi connectivity index (χ4n) is 4.92. The lowest BCUT2D eigenvalue weighted by molar-refractivity contribution is -0.0212. The fourth-order valence-corrected chi connectivity index (χ4v) is 4.92. The molecule has 0 spiro atoms. The van der Waals surface area contributed by atoms with E-state index in [1.807, 2.05) is 18.3 Å². The van der Waals surface area contributed by atoms with Crippen molar-refractivity contribution in [3.63, 3.8) is 0 Å². The summed E-state index contributed by atoms with van der Waals surface area (Å²) in [4.78, 5) is 19.7. The Labute approximate surface area is 177 Å². The fraction of sp³-hybridized carbons (Fsp3) is 0.565. The molecule has 0 aromatic carbocycles. The Bertz CT molecular complexity index is 845. The van der Waals surface area contributed by atoms with Crippen molar-refractivity contribution in [2.45, 2.75) is 44.4 Å². The molecule has 1 N–H and O–H groups in total. The van der Waals surface area contributed by atoms with Crippen LogP contribution in [0.25, 0.3) is 0 Å². The number of aromatic nitrogens is 3. The molecule has 0 radical (unpaired) electrons. The first-order valence-corrected chi connectivity index (χ1v) is 11.1. The van der Waals surface area contributed by atoms with Gasteiger partial charge in [-0.15, -0.1) is 0 Å². The number of hydrogen-bond donors (Lipinski definition) is 1. The third-order valence-electron chi connectivity index (χ3n) is 6.71. The number of nitrogens with zero attached hydrogens (tertiary/aromatic N) is 4. The third-order valence-corrected chi connectivity index (χ3v) is 6.71. The van der Waals surface area contributed by atoms with Gasteiger partial charge in [0.2, 0.25) is 0 Å². The second kappa shape index (κ2) is 8.78. The summed E-state index contributed by atoms with van der Waals surface area (Å²) < 4.78 is 6.34. The Kier molecular flexibility index (Phi) is 5.73. The van der Waals surface area contributed by atoms with Gasteiger partial charge in [0.25, 0.3) is 5.91 Å². The lowest BCUT2D eigenvalue weighted by atomic mass is 9.77. The van der Waals surface area contributed by atoms with Gasteiger partial charge in [0.1, 0.15) is 0 Å². The standard InChI is InChI=1S/C23H29N5O2/c29-23(17-6-8-25-26-11-17)27-21-9-18-12-28(14-20-3-1-2-7-24-20)13-19(18)10-22(21)30-15-16-4-5-16/h1-3,6-8,11,16,18-19,21-22H,4-5,9-10,12-15H2,(H,27,29)/t18-,19+,21-,22-/m0/s1. The molecule has 4 atom stereocenters. The van der Waals surface area contributed by atoms with Crippen molar-refractivity contribution < 1.29 is 9.53 Å². The summed E-state index contributed by atoms with van der Waals surface area (Å²) in [5.41, 5.74) is 1.67. The monoisotopic (exact) mass is 407 g/mol. The lowest BCUT2D eigenvalue weighted by Gasteiger charge is -2.38. The zero-order chi connectivity index (χ0) is 20.3. The number of hydrogen-bond acceptors (Lipinski definition) is 6. The topological polar surface area (TPSA) is 80.2 Å². The summed E-state index contributed by atoms with van der Waals surface area (Å²) in [5.74, 6) is 1.83. The maximum Gasteiger partial charge on any atom is 0.253 e. The quantitative estimate of drug-likeness (QED) is 0.759. The van der Waals surface area contributed by atoms with Gasteiger partial charge in [0.05, 0.1) is 35.8 Å². The van der Waals surface area contributed by atoms with Crippen molar-refractivity contribution in [1.82, 2.24) is 25.4 Å². The maximum absolute atomic E-state index is 12.8. The third kappa shape index (κ3) is 4.68. The largest absolute Gasteiger partial charge is 0.376 e. The maximum atomic E-state index is 12.8. The van der Waals surface area contributed by atoms with E-state index in [1.54, 1.807) is 12.3 Å². The smallest absolute Gasteiger partial charge is 0.253 e. The van der Waals surface area contributed by atoms with Gasteiger partial charge in [-0.05, 0) is 61.6 Å². The minimum Gasteiger partial charge on any atom is -0.376 e. The van der Waals surface area contributed by atoms with Crippen LogP contribution in [0.5, 0.6) is 0 Å². The molecule has 3 aliphatic rings. The predicted molar refractivity (Wildman–Crippen MR) is 111 cm³/mol. The Morgan fingerprint density at radius 2 is 1.97 bits per heavy atom. The molecule has 1 amide bonds. The van der Waals surface area contributed by atoms with Gasteiger partial charge in [0.15, 0.2) is 0 Å². The molecule has 2 aliphatic carbocycles. The average molecular weight is 408 g/mol. The molecule has 2 saturated carbocycles. The summed E-state index contributed by atoms with van der Waals surface area (Å²) >= 11 is 0. The van der Waals surface area contributed by atoms with Gasteiger partial charge in [0, 0.05) is 32.4 Å². The van der Waals surface area contributed by atoms with Crippen LogP contribution in [0.1, 0.15) is 41.7 Å². The molecule has 7 nitrogen and oxygen atoms in total. The molecule has 30 heavy (non-hydrogen) atoms. The van der Waals surface area contributed by atoms with E-state index in [-0.39, 0.29) is 18.1 Å². The number of nitrogens with one attached hydrogen (secondary N) is 1. The van der Waals surface area contributed by atoms with E-state index in [1.165, 1.54) is 19.0 Å². The van der Waals surface area contributed by atoms with Gasteiger partial charge in [-0.25, -0.2) is 0 Å². The molecular formula is C23H29N5O2. The molecule has 3 fully saturated rings. The van der Waals surface area contributed by atoms with E-state index in [2.05, 4.69) is 31.5 Å². The van der Waals surface area contributed by atoms with E-state index >= 15 is 0 Å². The number of pyridine rings is 1. The number of rotatable bonds is 7. The van der Waals surface area contributed by atoms with Crippen molar-refractivity contribution in [2.75, 3.05) is 19.7 Å². The molecule has 0 bridgehead atoms.